The number of nitrogens with one attached hydrogen (secondary N) is 2. The van der Waals surface area contributed by atoms with E-state index >= 15 is 0 Å². The fourth-order valence-electron chi connectivity index (χ4n) is 2.93. The van der Waals surface area contributed by atoms with Gasteiger partial charge < -0.3 is 20.5 Å². The lowest BCUT2D eigenvalue weighted by Crippen LogP contribution is -2.50. The molecule has 2 amide bonds. The van der Waals surface area contributed by atoms with Gasteiger partial charge in [-0.15, -0.1) is 0 Å². The second-order valence-corrected chi connectivity index (χ2v) is 6.39. The maximum absolute atomic E-state index is 11.8. The van der Waals surface area contributed by atoms with Crippen LogP contribution in [-0.4, -0.2) is 43.0 Å². The van der Waals surface area contributed by atoms with E-state index < -0.39 is 5.60 Å². The molecule has 1 saturated carbocycles. The van der Waals surface area contributed by atoms with Gasteiger partial charge in [-0.1, -0.05) is 19.8 Å². The van der Waals surface area contributed by atoms with Gasteiger partial charge in [0.2, 0.25) is 0 Å². The van der Waals surface area contributed by atoms with Crippen LogP contribution in [0, 0.1) is 5.41 Å². The Bertz CT molecular complexity index is 308. The molecular formula is C14H26N2O3. The van der Waals surface area contributed by atoms with Crippen LogP contribution in [0.5, 0.6) is 0 Å². The fourth-order valence-corrected chi connectivity index (χ4v) is 2.93. The summed E-state index contributed by atoms with van der Waals surface area (Å²) in [4.78, 5) is 11.8. The summed E-state index contributed by atoms with van der Waals surface area (Å²) < 4.78 is 5.21. The van der Waals surface area contributed by atoms with Crippen LogP contribution in [0.25, 0.3) is 0 Å². The summed E-state index contributed by atoms with van der Waals surface area (Å²) in [5.41, 5.74) is -0.542. The number of hydrogen-bond acceptors (Lipinski definition) is 3. The molecule has 0 unspecified atom stereocenters. The summed E-state index contributed by atoms with van der Waals surface area (Å²) in [5, 5.41) is 15.9. The van der Waals surface area contributed by atoms with E-state index in [1.54, 1.807) is 0 Å². The highest BCUT2D eigenvalue weighted by Crippen LogP contribution is 2.36. The Balaban J connectivity index is 1.66. The normalized spacial score (nSPS) is 24.9. The maximum atomic E-state index is 11.8. The zero-order chi connectivity index (χ0) is 13.8. The molecule has 5 heteroatoms. The van der Waals surface area contributed by atoms with Crippen molar-refractivity contribution in [3.63, 3.8) is 0 Å². The van der Waals surface area contributed by atoms with Crippen molar-refractivity contribution in [2.75, 3.05) is 26.3 Å². The average Bonchev–Trinajstić information content (AvgIpc) is 2.83. The van der Waals surface area contributed by atoms with E-state index in [1.807, 2.05) is 0 Å². The SMILES string of the molecule is CC1(CNC(=O)NCC2(O)CCOCC2)CCCC1. The van der Waals surface area contributed by atoms with Gasteiger partial charge in [0, 0.05) is 39.1 Å². The van der Waals surface area contributed by atoms with Crippen LogP contribution in [0.1, 0.15) is 45.4 Å². The third kappa shape index (κ3) is 4.35. The number of aliphatic hydroxyl groups is 1. The van der Waals surface area contributed by atoms with Crippen LogP contribution in [0.2, 0.25) is 0 Å². The number of rotatable bonds is 4. The summed E-state index contributed by atoms with van der Waals surface area (Å²) in [7, 11) is 0. The van der Waals surface area contributed by atoms with Gasteiger partial charge in [0.05, 0.1) is 5.60 Å². The first-order valence-electron chi connectivity index (χ1n) is 7.33. The standard InChI is InChI=1S/C14H26N2O3/c1-13(4-2-3-5-13)10-15-12(17)16-11-14(18)6-8-19-9-7-14/h18H,2-11H2,1H3,(H2,15,16,17). The zero-order valence-electron chi connectivity index (χ0n) is 11.8. The molecule has 5 nitrogen and oxygen atoms in total. The van der Waals surface area contributed by atoms with E-state index in [0.29, 0.717) is 32.6 Å². The molecule has 0 aromatic rings. The summed E-state index contributed by atoms with van der Waals surface area (Å²) in [6, 6.07) is -0.173. The van der Waals surface area contributed by atoms with Crippen molar-refractivity contribution in [3.05, 3.63) is 0 Å². The van der Waals surface area contributed by atoms with E-state index in [-0.39, 0.29) is 11.4 Å². The molecule has 2 aliphatic rings. The molecule has 0 aromatic heterocycles. The van der Waals surface area contributed by atoms with E-state index in [0.717, 1.165) is 6.54 Å². The lowest BCUT2D eigenvalue weighted by molar-refractivity contribution is -0.0600. The van der Waals surface area contributed by atoms with Gasteiger partial charge in [-0.05, 0) is 18.3 Å². The fraction of sp³-hybridized carbons (Fsp3) is 0.929. The Morgan fingerprint density at radius 3 is 2.32 bits per heavy atom. The molecule has 0 atom stereocenters. The largest absolute Gasteiger partial charge is 0.388 e. The average molecular weight is 270 g/mol. The third-order valence-corrected chi connectivity index (χ3v) is 4.49. The van der Waals surface area contributed by atoms with Crippen molar-refractivity contribution in [1.82, 2.24) is 10.6 Å². The van der Waals surface area contributed by atoms with Gasteiger partial charge >= 0.3 is 6.03 Å². The van der Waals surface area contributed by atoms with Crippen LogP contribution < -0.4 is 10.6 Å². The molecule has 0 radical (unpaired) electrons. The highest BCUT2D eigenvalue weighted by Gasteiger charge is 2.31. The van der Waals surface area contributed by atoms with Crippen molar-refractivity contribution in [3.8, 4) is 0 Å². The van der Waals surface area contributed by atoms with Crippen molar-refractivity contribution in [1.29, 1.82) is 0 Å². The Morgan fingerprint density at radius 1 is 1.11 bits per heavy atom. The molecule has 1 saturated heterocycles. The summed E-state index contributed by atoms with van der Waals surface area (Å²) in [5.74, 6) is 0. The smallest absolute Gasteiger partial charge is 0.314 e. The molecule has 3 N–H and O–H groups in total. The first kappa shape index (κ1) is 14.6. The molecule has 110 valence electrons. The molecule has 2 fully saturated rings. The monoisotopic (exact) mass is 270 g/mol. The quantitative estimate of drug-likeness (QED) is 0.723. The van der Waals surface area contributed by atoms with Crippen molar-refractivity contribution in [2.45, 2.75) is 51.0 Å². The number of urea groups is 1. The molecule has 0 spiro atoms. The third-order valence-electron chi connectivity index (χ3n) is 4.49. The molecule has 1 aliphatic carbocycles. The second kappa shape index (κ2) is 6.09. The Morgan fingerprint density at radius 2 is 1.68 bits per heavy atom. The minimum Gasteiger partial charge on any atom is -0.388 e. The maximum Gasteiger partial charge on any atom is 0.314 e. The minimum absolute atomic E-state index is 0.173. The Labute approximate surface area is 115 Å². The predicted octanol–water partition coefficient (Wildman–Crippen LogP) is 1.41. The summed E-state index contributed by atoms with van der Waals surface area (Å²) in [6.45, 7) is 4.39. The van der Waals surface area contributed by atoms with E-state index in [4.69, 9.17) is 4.74 Å². The Hall–Kier alpha value is -0.810. The highest BCUT2D eigenvalue weighted by molar-refractivity contribution is 5.73. The molecule has 0 aromatic carbocycles. The molecule has 0 bridgehead atoms. The highest BCUT2D eigenvalue weighted by atomic mass is 16.5. The predicted molar refractivity (Wildman–Crippen MR) is 73.0 cm³/mol. The van der Waals surface area contributed by atoms with Gasteiger partial charge in [0.1, 0.15) is 0 Å². The Kier molecular flexibility index (Phi) is 4.68. The summed E-state index contributed by atoms with van der Waals surface area (Å²) >= 11 is 0. The molecular weight excluding hydrogens is 244 g/mol. The van der Waals surface area contributed by atoms with Crippen molar-refractivity contribution in [2.24, 2.45) is 5.41 Å². The topological polar surface area (TPSA) is 70.6 Å². The number of hydrogen-bond donors (Lipinski definition) is 3. The van der Waals surface area contributed by atoms with Gasteiger partial charge in [0.15, 0.2) is 0 Å². The number of carbonyl (C=O) groups is 1. The molecule has 1 heterocycles. The van der Waals surface area contributed by atoms with Crippen LogP contribution in [0.4, 0.5) is 4.79 Å². The first-order chi connectivity index (χ1) is 9.02. The summed E-state index contributed by atoms with van der Waals surface area (Å²) in [6.07, 6.45) is 6.08. The minimum atomic E-state index is -0.799. The van der Waals surface area contributed by atoms with Gasteiger partial charge in [-0.3, -0.25) is 0 Å². The van der Waals surface area contributed by atoms with Crippen LogP contribution >= 0.6 is 0 Å². The second-order valence-electron chi connectivity index (χ2n) is 6.39. The lowest BCUT2D eigenvalue weighted by Gasteiger charge is -2.32. The molecule has 2 rings (SSSR count). The van der Waals surface area contributed by atoms with E-state index in [1.165, 1.54) is 25.7 Å². The number of ether oxygens (including phenoxy) is 1. The van der Waals surface area contributed by atoms with Gasteiger partial charge in [-0.2, -0.15) is 0 Å². The number of amides is 2. The number of carbonyl (C=O) groups excluding carboxylic acids is 1. The van der Waals surface area contributed by atoms with Crippen LogP contribution in [-0.2, 0) is 4.74 Å². The van der Waals surface area contributed by atoms with Crippen LogP contribution in [0.3, 0.4) is 0 Å². The molecule has 1 aliphatic heterocycles. The van der Waals surface area contributed by atoms with Gasteiger partial charge in [-0.25, -0.2) is 4.79 Å². The van der Waals surface area contributed by atoms with Crippen molar-refractivity contribution < 1.29 is 14.6 Å². The molecule has 19 heavy (non-hydrogen) atoms. The van der Waals surface area contributed by atoms with Crippen LogP contribution in [0.15, 0.2) is 0 Å². The van der Waals surface area contributed by atoms with E-state index in [9.17, 15) is 9.90 Å². The first-order valence-corrected chi connectivity index (χ1v) is 7.33. The van der Waals surface area contributed by atoms with E-state index in [2.05, 4.69) is 17.6 Å². The zero-order valence-corrected chi connectivity index (χ0v) is 11.8. The van der Waals surface area contributed by atoms with Crippen molar-refractivity contribution >= 4 is 6.03 Å². The van der Waals surface area contributed by atoms with Gasteiger partial charge in [0.25, 0.3) is 0 Å². The lowest BCUT2D eigenvalue weighted by atomic mass is 9.89.